The van der Waals surface area contributed by atoms with Gasteiger partial charge in [-0.1, -0.05) is 0 Å². The lowest BCUT2D eigenvalue weighted by Gasteiger charge is -2.12. The Bertz CT molecular complexity index is 195. The molecule has 1 rings (SSSR count). The smallest absolute Gasteiger partial charge is 0.136 e. The number of likely N-dealkylation sites (N-methyl/N-ethyl adjacent to an activating group) is 1. The molecular weight excluding hydrogens is 142 g/mol. The van der Waals surface area contributed by atoms with Crippen LogP contribution < -0.4 is 0 Å². The maximum atomic E-state index is 9.40. The van der Waals surface area contributed by atoms with Crippen molar-refractivity contribution in [2.75, 3.05) is 13.6 Å². The van der Waals surface area contributed by atoms with Crippen LogP contribution in [0.4, 0.5) is 0 Å². The minimum atomic E-state index is -0.576. The van der Waals surface area contributed by atoms with Crippen molar-refractivity contribution in [3.63, 3.8) is 0 Å². The summed E-state index contributed by atoms with van der Waals surface area (Å²) in [5.41, 5.74) is 0. The minimum Gasteiger partial charge on any atom is -0.384 e. The molecule has 0 aliphatic carbocycles. The van der Waals surface area contributed by atoms with E-state index in [-0.39, 0.29) is 0 Å². The number of hydrogen-bond acceptors (Lipinski definition) is 3. The summed E-state index contributed by atoms with van der Waals surface area (Å²) in [4.78, 5) is 8.40. The molecule has 1 atom stereocenters. The molecule has 1 heterocycles. The highest BCUT2D eigenvalue weighted by Gasteiger charge is 2.09. The number of H-pyrrole nitrogens is 1. The first-order chi connectivity index (χ1) is 5.20. The first-order valence-corrected chi connectivity index (χ1v) is 3.39. The number of aliphatic hydroxyl groups is 1. The zero-order valence-corrected chi connectivity index (χ0v) is 6.49. The summed E-state index contributed by atoms with van der Waals surface area (Å²) in [5.74, 6) is 0.584. The predicted molar refractivity (Wildman–Crippen MR) is 41.5 cm³/mol. The lowest BCUT2D eigenvalue weighted by Crippen LogP contribution is -2.18. The Morgan fingerprint density at radius 3 is 3.09 bits per heavy atom. The van der Waals surface area contributed by atoms with Crippen molar-refractivity contribution in [1.82, 2.24) is 14.9 Å². The van der Waals surface area contributed by atoms with Gasteiger partial charge < -0.3 is 15.0 Å². The van der Waals surface area contributed by atoms with Gasteiger partial charge in [-0.2, -0.15) is 0 Å². The fourth-order valence-electron chi connectivity index (χ4n) is 0.841. The Hall–Kier alpha value is -0.870. The van der Waals surface area contributed by atoms with Crippen LogP contribution in [0.5, 0.6) is 0 Å². The quantitative estimate of drug-likeness (QED) is 0.652. The van der Waals surface area contributed by atoms with E-state index in [2.05, 4.69) is 17.0 Å². The number of aromatic nitrogens is 2. The van der Waals surface area contributed by atoms with Crippen molar-refractivity contribution in [3.05, 3.63) is 25.3 Å². The molecule has 0 aliphatic rings. The highest BCUT2D eigenvalue weighted by molar-refractivity contribution is 4.92. The molecule has 0 saturated heterocycles. The Morgan fingerprint density at radius 1 is 1.91 bits per heavy atom. The van der Waals surface area contributed by atoms with Gasteiger partial charge in [0.25, 0.3) is 0 Å². The lowest BCUT2D eigenvalue weighted by molar-refractivity contribution is 0.137. The normalized spacial score (nSPS) is 13.8. The van der Waals surface area contributed by atoms with Crippen molar-refractivity contribution in [2.24, 2.45) is 0 Å². The Labute approximate surface area is 65.9 Å². The summed E-state index contributed by atoms with van der Waals surface area (Å²) in [6, 6.07) is 0. The molecular formula is C7H12N3O. The van der Waals surface area contributed by atoms with E-state index < -0.39 is 6.10 Å². The van der Waals surface area contributed by atoms with Crippen LogP contribution in [0.1, 0.15) is 11.9 Å². The molecule has 0 bridgehead atoms. The number of nitrogens with one attached hydrogen (secondary N) is 1. The monoisotopic (exact) mass is 154 g/mol. The Morgan fingerprint density at radius 2 is 2.64 bits per heavy atom. The molecule has 0 saturated carbocycles. The van der Waals surface area contributed by atoms with Crippen molar-refractivity contribution < 1.29 is 5.11 Å². The number of aromatic amines is 1. The maximum Gasteiger partial charge on any atom is 0.136 e. The molecule has 1 aromatic heterocycles. The fraction of sp³-hybridized carbons (Fsp3) is 0.429. The Balaban J connectivity index is 2.49. The van der Waals surface area contributed by atoms with Crippen molar-refractivity contribution in [3.8, 4) is 0 Å². The van der Waals surface area contributed by atoms with Gasteiger partial charge in [0, 0.05) is 26.0 Å². The number of hydrogen-bond donors (Lipinski definition) is 2. The summed E-state index contributed by atoms with van der Waals surface area (Å²) in [7, 11) is 5.42. The van der Waals surface area contributed by atoms with E-state index in [0.717, 1.165) is 0 Å². The second-order valence-corrected chi connectivity index (χ2v) is 2.53. The molecule has 1 unspecified atom stereocenters. The second kappa shape index (κ2) is 3.50. The van der Waals surface area contributed by atoms with Gasteiger partial charge in [-0.05, 0) is 7.05 Å². The van der Waals surface area contributed by atoms with E-state index in [1.54, 1.807) is 24.3 Å². The third-order valence-electron chi connectivity index (χ3n) is 1.32. The zero-order chi connectivity index (χ0) is 8.27. The molecule has 0 amide bonds. The molecule has 1 aromatic rings. The standard InChI is InChI=1S/C7H12N3O/c1-10(2)5-6(11)7-8-3-4-9-7/h3-4,6,11H,1,5H2,2H3,(H,8,9). The highest BCUT2D eigenvalue weighted by atomic mass is 16.3. The first-order valence-electron chi connectivity index (χ1n) is 3.39. The molecule has 4 heteroatoms. The maximum absolute atomic E-state index is 9.40. The molecule has 2 N–H and O–H groups in total. The molecule has 11 heavy (non-hydrogen) atoms. The third-order valence-corrected chi connectivity index (χ3v) is 1.32. The summed E-state index contributed by atoms with van der Waals surface area (Å²) < 4.78 is 0. The molecule has 61 valence electrons. The van der Waals surface area contributed by atoms with Crippen LogP contribution in [0.25, 0.3) is 0 Å². The van der Waals surface area contributed by atoms with E-state index in [0.29, 0.717) is 12.4 Å². The van der Waals surface area contributed by atoms with E-state index in [4.69, 9.17) is 0 Å². The van der Waals surface area contributed by atoms with Crippen LogP contribution in [0.15, 0.2) is 12.4 Å². The van der Waals surface area contributed by atoms with E-state index in [1.165, 1.54) is 0 Å². The Kier molecular flexibility index (Phi) is 2.62. The lowest BCUT2D eigenvalue weighted by atomic mass is 10.3. The van der Waals surface area contributed by atoms with E-state index in [9.17, 15) is 5.11 Å². The molecule has 0 fully saturated rings. The van der Waals surface area contributed by atoms with Crippen LogP contribution in [-0.4, -0.2) is 33.6 Å². The first kappa shape index (κ1) is 8.23. The largest absolute Gasteiger partial charge is 0.384 e. The van der Waals surface area contributed by atoms with Gasteiger partial charge in [-0.15, -0.1) is 0 Å². The molecule has 0 aromatic carbocycles. The number of nitrogens with zero attached hydrogens (tertiary/aromatic N) is 2. The van der Waals surface area contributed by atoms with Crippen LogP contribution in [0.3, 0.4) is 0 Å². The van der Waals surface area contributed by atoms with Gasteiger partial charge in [-0.25, -0.2) is 4.98 Å². The molecule has 1 radical (unpaired) electrons. The highest BCUT2D eigenvalue weighted by Crippen LogP contribution is 2.06. The summed E-state index contributed by atoms with van der Waals surface area (Å²) >= 11 is 0. The van der Waals surface area contributed by atoms with Crippen molar-refractivity contribution in [2.45, 2.75) is 6.10 Å². The second-order valence-electron chi connectivity index (χ2n) is 2.53. The van der Waals surface area contributed by atoms with E-state index in [1.807, 2.05) is 0 Å². The predicted octanol–water partition coefficient (Wildman–Crippen LogP) is 0.166. The average molecular weight is 154 g/mol. The SMILES string of the molecule is [CH2]N(C)CC(O)c1ncc[nH]1. The summed E-state index contributed by atoms with van der Waals surface area (Å²) in [5, 5.41) is 9.40. The third kappa shape index (κ3) is 2.32. The average Bonchev–Trinajstić information content (AvgIpc) is 2.35. The number of aliphatic hydroxyl groups excluding tert-OH is 1. The van der Waals surface area contributed by atoms with Crippen LogP contribution >= 0.6 is 0 Å². The molecule has 4 nitrogen and oxygen atoms in total. The van der Waals surface area contributed by atoms with Crippen LogP contribution in [0.2, 0.25) is 0 Å². The van der Waals surface area contributed by atoms with Crippen molar-refractivity contribution in [1.29, 1.82) is 0 Å². The summed E-state index contributed by atoms with van der Waals surface area (Å²) in [6.07, 6.45) is 2.72. The van der Waals surface area contributed by atoms with Crippen molar-refractivity contribution >= 4 is 0 Å². The van der Waals surface area contributed by atoms with Gasteiger partial charge in [0.1, 0.15) is 11.9 Å². The topological polar surface area (TPSA) is 52.1 Å². The number of rotatable bonds is 3. The molecule has 0 spiro atoms. The van der Waals surface area contributed by atoms with E-state index >= 15 is 0 Å². The van der Waals surface area contributed by atoms with Gasteiger partial charge in [0.15, 0.2) is 0 Å². The van der Waals surface area contributed by atoms with Gasteiger partial charge in [0.05, 0.1) is 0 Å². The fourth-order valence-corrected chi connectivity index (χ4v) is 0.841. The summed E-state index contributed by atoms with van der Waals surface area (Å²) in [6.45, 7) is 0.480. The van der Waals surface area contributed by atoms with Gasteiger partial charge in [-0.3, -0.25) is 0 Å². The van der Waals surface area contributed by atoms with Crippen LogP contribution in [-0.2, 0) is 0 Å². The zero-order valence-electron chi connectivity index (χ0n) is 6.49. The minimum absolute atomic E-state index is 0.480. The molecule has 0 aliphatic heterocycles. The van der Waals surface area contributed by atoms with Gasteiger partial charge in [0.2, 0.25) is 0 Å². The van der Waals surface area contributed by atoms with Crippen LogP contribution in [0, 0.1) is 7.05 Å². The number of imidazole rings is 1. The van der Waals surface area contributed by atoms with Gasteiger partial charge >= 0.3 is 0 Å².